The number of rotatable bonds is 3. The van der Waals surface area contributed by atoms with E-state index in [0.29, 0.717) is 12.3 Å². The molecule has 0 aliphatic carbocycles. The molecule has 1 atom stereocenters. The van der Waals surface area contributed by atoms with E-state index < -0.39 is 5.60 Å². The molecule has 0 bridgehead atoms. The Hall–Kier alpha value is -1.30. The molecule has 5 heteroatoms. The smallest absolute Gasteiger partial charge is 0.138 e. The monoisotopic (exact) mass is 277 g/mol. The highest BCUT2D eigenvalue weighted by molar-refractivity contribution is 5.57. The summed E-state index contributed by atoms with van der Waals surface area (Å²) in [7, 11) is 0. The maximum Gasteiger partial charge on any atom is 0.138 e. The number of benzene rings is 1. The lowest BCUT2D eigenvalue weighted by Gasteiger charge is -2.39. The molecule has 0 amide bonds. The second kappa shape index (κ2) is 5.60. The van der Waals surface area contributed by atoms with Gasteiger partial charge >= 0.3 is 0 Å². The van der Waals surface area contributed by atoms with E-state index in [-0.39, 0.29) is 0 Å². The summed E-state index contributed by atoms with van der Waals surface area (Å²) in [6.07, 6.45) is 0.840. The van der Waals surface area contributed by atoms with Crippen LogP contribution in [0.2, 0.25) is 0 Å². The van der Waals surface area contributed by atoms with E-state index in [2.05, 4.69) is 15.1 Å². The summed E-state index contributed by atoms with van der Waals surface area (Å²) < 4.78 is 0. The predicted molar refractivity (Wildman–Crippen MR) is 79.2 cm³/mol. The highest BCUT2D eigenvalue weighted by Gasteiger charge is 2.34. The molecule has 5 nitrogen and oxygen atoms in total. The Morgan fingerprint density at radius 1 is 1.15 bits per heavy atom. The van der Waals surface area contributed by atoms with Gasteiger partial charge in [-0.15, -0.1) is 0 Å². The number of nitrogens with zero attached hydrogens (tertiary/aromatic N) is 2. The molecule has 0 spiro atoms. The van der Waals surface area contributed by atoms with Crippen molar-refractivity contribution in [2.24, 2.45) is 0 Å². The third kappa shape index (κ3) is 2.90. The Labute approximate surface area is 119 Å². The summed E-state index contributed by atoms with van der Waals surface area (Å²) in [5.41, 5.74) is 0.352. The van der Waals surface area contributed by atoms with Gasteiger partial charge in [-0.1, -0.05) is 12.1 Å². The van der Waals surface area contributed by atoms with Gasteiger partial charge in [-0.05, 0) is 25.1 Å². The molecule has 20 heavy (non-hydrogen) atoms. The SMILES string of the molecule is Oc1ccccc1N1CCN(CC2(O)CCNC2)CC1. The van der Waals surface area contributed by atoms with Gasteiger partial charge < -0.3 is 20.4 Å². The van der Waals surface area contributed by atoms with Crippen LogP contribution in [0, 0.1) is 0 Å². The molecule has 1 aromatic rings. The van der Waals surface area contributed by atoms with Gasteiger partial charge in [-0.2, -0.15) is 0 Å². The van der Waals surface area contributed by atoms with Crippen LogP contribution < -0.4 is 10.2 Å². The van der Waals surface area contributed by atoms with E-state index in [0.717, 1.165) is 51.4 Å². The molecule has 1 aromatic carbocycles. The van der Waals surface area contributed by atoms with E-state index in [9.17, 15) is 10.2 Å². The maximum atomic E-state index is 10.4. The third-order valence-electron chi connectivity index (χ3n) is 4.33. The molecule has 1 unspecified atom stereocenters. The molecule has 2 heterocycles. The first-order valence-electron chi connectivity index (χ1n) is 7.35. The normalized spacial score (nSPS) is 27.9. The zero-order valence-electron chi connectivity index (χ0n) is 11.8. The van der Waals surface area contributed by atoms with Crippen molar-refractivity contribution in [3.05, 3.63) is 24.3 Å². The van der Waals surface area contributed by atoms with Crippen LogP contribution in [0.5, 0.6) is 5.75 Å². The molecule has 2 fully saturated rings. The van der Waals surface area contributed by atoms with E-state index >= 15 is 0 Å². The number of nitrogens with one attached hydrogen (secondary N) is 1. The fourth-order valence-electron chi connectivity index (χ4n) is 3.16. The number of anilines is 1. The van der Waals surface area contributed by atoms with Gasteiger partial charge in [-0.3, -0.25) is 4.90 Å². The molecule has 2 saturated heterocycles. The zero-order valence-corrected chi connectivity index (χ0v) is 11.8. The van der Waals surface area contributed by atoms with Crippen LogP contribution in [0.1, 0.15) is 6.42 Å². The molecule has 2 aliphatic rings. The van der Waals surface area contributed by atoms with Gasteiger partial charge in [0.05, 0.1) is 11.3 Å². The van der Waals surface area contributed by atoms with Gasteiger partial charge in [0.25, 0.3) is 0 Å². The lowest BCUT2D eigenvalue weighted by molar-refractivity contribution is 0.0193. The van der Waals surface area contributed by atoms with Crippen LogP contribution in [-0.4, -0.2) is 66.5 Å². The topological polar surface area (TPSA) is 59.0 Å². The lowest BCUT2D eigenvalue weighted by atomic mass is 10.0. The number of para-hydroxylation sites is 2. The summed E-state index contributed by atoms with van der Waals surface area (Å²) in [5, 5.41) is 23.5. The second-order valence-electron chi connectivity index (χ2n) is 5.90. The van der Waals surface area contributed by atoms with E-state index in [1.165, 1.54) is 0 Å². The van der Waals surface area contributed by atoms with Crippen LogP contribution >= 0.6 is 0 Å². The van der Waals surface area contributed by atoms with Gasteiger partial charge in [-0.25, -0.2) is 0 Å². The summed E-state index contributed by atoms with van der Waals surface area (Å²) >= 11 is 0. The Balaban J connectivity index is 1.56. The number of hydrogen-bond donors (Lipinski definition) is 3. The standard InChI is InChI=1S/C15H23N3O2/c19-14-4-2-1-3-13(14)18-9-7-17(8-10-18)12-15(20)5-6-16-11-15/h1-4,16,19-20H,5-12H2. The predicted octanol–water partition coefficient (Wildman–Crippen LogP) is 0.239. The fraction of sp³-hybridized carbons (Fsp3) is 0.600. The molecule has 0 saturated carbocycles. The first-order valence-corrected chi connectivity index (χ1v) is 7.35. The van der Waals surface area contributed by atoms with Gasteiger partial charge in [0, 0.05) is 39.3 Å². The minimum Gasteiger partial charge on any atom is -0.506 e. The third-order valence-corrected chi connectivity index (χ3v) is 4.33. The Morgan fingerprint density at radius 3 is 2.55 bits per heavy atom. The second-order valence-corrected chi connectivity index (χ2v) is 5.90. The summed E-state index contributed by atoms with van der Waals surface area (Å²) in [5.74, 6) is 0.347. The van der Waals surface area contributed by atoms with Crippen LogP contribution in [0.15, 0.2) is 24.3 Å². The molecule has 110 valence electrons. The average molecular weight is 277 g/mol. The van der Waals surface area contributed by atoms with Crippen molar-refractivity contribution in [2.45, 2.75) is 12.0 Å². The Morgan fingerprint density at radius 2 is 1.90 bits per heavy atom. The number of aromatic hydroxyl groups is 1. The van der Waals surface area contributed by atoms with Crippen molar-refractivity contribution < 1.29 is 10.2 Å². The fourth-order valence-corrected chi connectivity index (χ4v) is 3.16. The molecule has 0 aromatic heterocycles. The zero-order chi connectivity index (χ0) is 14.0. The number of piperazine rings is 1. The number of aliphatic hydroxyl groups is 1. The minimum absolute atomic E-state index is 0.347. The van der Waals surface area contributed by atoms with Gasteiger partial charge in [0.1, 0.15) is 5.75 Å². The first-order chi connectivity index (χ1) is 9.66. The highest BCUT2D eigenvalue weighted by Crippen LogP contribution is 2.27. The lowest BCUT2D eigenvalue weighted by Crippen LogP contribution is -2.52. The van der Waals surface area contributed by atoms with Crippen molar-refractivity contribution >= 4 is 5.69 Å². The molecule has 3 N–H and O–H groups in total. The van der Waals surface area contributed by atoms with Crippen LogP contribution in [-0.2, 0) is 0 Å². The average Bonchev–Trinajstić information content (AvgIpc) is 2.87. The molecule has 0 radical (unpaired) electrons. The minimum atomic E-state index is -0.558. The van der Waals surface area contributed by atoms with E-state index in [1.54, 1.807) is 6.07 Å². The summed E-state index contributed by atoms with van der Waals surface area (Å²) in [6, 6.07) is 7.49. The van der Waals surface area contributed by atoms with Crippen molar-refractivity contribution in [1.82, 2.24) is 10.2 Å². The Kier molecular flexibility index (Phi) is 3.83. The van der Waals surface area contributed by atoms with Crippen molar-refractivity contribution in [1.29, 1.82) is 0 Å². The summed E-state index contributed by atoms with van der Waals surface area (Å²) in [4.78, 5) is 4.53. The largest absolute Gasteiger partial charge is 0.506 e. The van der Waals surface area contributed by atoms with Crippen LogP contribution in [0.25, 0.3) is 0 Å². The van der Waals surface area contributed by atoms with Crippen molar-refractivity contribution in [3.8, 4) is 5.75 Å². The number of hydrogen-bond acceptors (Lipinski definition) is 5. The van der Waals surface area contributed by atoms with Crippen LogP contribution in [0.4, 0.5) is 5.69 Å². The quantitative estimate of drug-likeness (QED) is 0.739. The van der Waals surface area contributed by atoms with E-state index in [1.807, 2.05) is 18.2 Å². The maximum absolute atomic E-state index is 10.4. The van der Waals surface area contributed by atoms with Gasteiger partial charge in [0.2, 0.25) is 0 Å². The van der Waals surface area contributed by atoms with Crippen molar-refractivity contribution in [3.63, 3.8) is 0 Å². The molecule has 2 aliphatic heterocycles. The van der Waals surface area contributed by atoms with Crippen molar-refractivity contribution in [2.75, 3.05) is 50.7 Å². The number of phenols is 1. The van der Waals surface area contributed by atoms with E-state index in [4.69, 9.17) is 0 Å². The summed E-state index contributed by atoms with van der Waals surface area (Å²) in [6.45, 7) is 5.99. The molecular weight excluding hydrogens is 254 g/mol. The first kappa shape index (κ1) is 13.7. The Bertz CT molecular complexity index is 452. The number of β-amino-alcohol motifs (C(OH)–C–C–N with tert-alkyl or cyclic N) is 1. The molecule has 3 rings (SSSR count). The van der Waals surface area contributed by atoms with Crippen LogP contribution in [0.3, 0.4) is 0 Å². The number of phenolic OH excluding ortho intramolecular Hbond substituents is 1. The van der Waals surface area contributed by atoms with Gasteiger partial charge in [0.15, 0.2) is 0 Å². The molecular formula is C15H23N3O2. The highest BCUT2D eigenvalue weighted by atomic mass is 16.3.